The third kappa shape index (κ3) is 2.21. The fraction of sp³-hybridized carbons (Fsp3) is 0.417. The molecule has 16 heavy (non-hydrogen) atoms. The molecule has 1 aliphatic rings. The number of benzene rings is 1. The lowest BCUT2D eigenvalue weighted by Crippen LogP contribution is -2.21. The van der Waals surface area contributed by atoms with E-state index in [4.69, 9.17) is 0 Å². The molecule has 0 atom stereocenters. The summed E-state index contributed by atoms with van der Waals surface area (Å²) in [5.41, 5.74) is 0.947. The van der Waals surface area contributed by atoms with Crippen LogP contribution in [0.4, 0.5) is 14.5 Å². The average Bonchev–Trinajstić information content (AvgIpc) is 2.30. The monoisotopic (exact) mass is 227 g/mol. The fourth-order valence-corrected chi connectivity index (χ4v) is 1.60. The first-order chi connectivity index (χ1) is 7.59. The molecular formula is C12H15F2NO. The van der Waals surface area contributed by atoms with E-state index in [1.54, 1.807) is 6.07 Å². The van der Waals surface area contributed by atoms with Gasteiger partial charge >= 0.3 is 0 Å². The molecule has 2 nitrogen and oxygen atoms in total. The second-order valence-corrected chi connectivity index (χ2v) is 3.40. The van der Waals surface area contributed by atoms with Gasteiger partial charge < -0.3 is 5.32 Å². The van der Waals surface area contributed by atoms with Gasteiger partial charge in [0, 0.05) is 6.42 Å². The molecule has 0 unspecified atom stereocenters. The summed E-state index contributed by atoms with van der Waals surface area (Å²) < 4.78 is 26.4. The first kappa shape index (κ1) is 12.6. The van der Waals surface area contributed by atoms with Crippen LogP contribution < -0.4 is 5.32 Å². The van der Waals surface area contributed by atoms with Crippen LogP contribution in [0.25, 0.3) is 0 Å². The number of fused-ring (bicyclic) bond motifs is 1. The van der Waals surface area contributed by atoms with Crippen LogP contribution >= 0.6 is 0 Å². The largest absolute Gasteiger partial charge is 0.323 e. The standard InChI is InChI=1S/C10H9F2NO.C2H6/c1-5-4-6-2-3-7(14)13-10(6)9(12)8(5)11;1-2/h4H,2-3H2,1H3,(H,13,14);1-2H3. The summed E-state index contributed by atoms with van der Waals surface area (Å²) in [5, 5.41) is 2.34. The number of carbonyl (C=O) groups is 1. The van der Waals surface area contributed by atoms with Gasteiger partial charge in [0.25, 0.3) is 0 Å². The van der Waals surface area contributed by atoms with Gasteiger partial charge in [-0.3, -0.25) is 4.79 Å². The Hall–Kier alpha value is -1.45. The van der Waals surface area contributed by atoms with Crippen molar-refractivity contribution in [3.63, 3.8) is 0 Å². The fourth-order valence-electron chi connectivity index (χ4n) is 1.60. The minimum atomic E-state index is -0.951. The minimum absolute atomic E-state index is 0.00403. The smallest absolute Gasteiger partial charge is 0.224 e. The van der Waals surface area contributed by atoms with E-state index < -0.39 is 11.6 Å². The van der Waals surface area contributed by atoms with Crippen molar-refractivity contribution in [1.82, 2.24) is 0 Å². The highest BCUT2D eigenvalue weighted by Gasteiger charge is 2.22. The molecule has 4 heteroatoms. The van der Waals surface area contributed by atoms with Crippen LogP contribution in [0.2, 0.25) is 0 Å². The van der Waals surface area contributed by atoms with Crippen molar-refractivity contribution in [2.24, 2.45) is 0 Å². The molecule has 0 saturated carbocycles. The number of halogens is 2. The number of hydrogen-bond acceptors (Lipinski definition) is 1. The van der Waals surface area contributed by atoms with Crippen molar-refractivity contribution in [3.8, 4) is 0 Å². The van der Waals surface area contributed by atoms with Gasteiger partial charge in [-0.05, 0) is 24.5 Å². The molecule has 0 fully saturated rings. The molecule has 1 aromatic rings. The van der Waals surface area contributed by atoms with Gasteiger partial charge in [-0.1, -0.05) is 19.9 Å². The maximum Gasteiger partial charge on any atom is 0.224 e. The predicted molar refractivity (Wildman–Crippen MR) is 59.4 cm³/mol. The van der Waals surface area contributed by atoms with Gasteiger partial charge in [-0.2, -0.15) is 0 Å². The van der Waals surface area contributed by atoms with E-state index in [1.165, 1.54) is 6.92 Å². The quantitative estimate of drug-likeness (QED) is 0.724. The van der Waals surface area contributed by atoms with Gasteiger partial charge in [0.2, 0.25) is 5.91 Å². The van der Waals surface area contributed by atoms with Gasteiger partial charge in [0.15, 0.2) is 11.6 Å². The van der Waals surface area contributed by atoms with Gasteiger partial charge in [0.1, 0.15) is 0 Å². The third-order valence-electron chi connectivity index (χ3n) is 2.36. The molecular weight excluding hydrogens is 212 g/mol. The number of carbonyl (C=O) groups excluding carboxylic acids is 1. The van der Waals surface area contributed by atoms with Crippen LogP contribution in [0.3, 0.4) is 0 Å². The number of anilines is 1. The Balaban J connectivity index is 0.000000606. The predicted octanol–water partition coefficient (Wildman–Crippen LogP) is 3.18. The van der Waals surface area contributed by atoms with E-state index in [0.717, 1.165) is 0 Å². The molecule has 1 heterocycles. The zero-order valence-electron chi connectivity index (χ0n) is 9.66. The van der Waals surface area contributed by atoms with E-state index in [9.17, 15) is 13.6 Å². The summed E-state index contributed by atoms with van der Waals surface area (Å²) in [6.45, 7) is 5.51. The normalized spacial score (nSPS) is 13.4. The minimum Gasteiger partial charge on any atom is -0.323 e. The van der Waals surface area contributed by atoms with Crippen molar-refractivity contribution in [3.05, 3.63) is 28.8 Å². The molecule has 0 aliphatic carbocycles. The second-order valence-electron chi connectivity index (χ2n) is 3.40. The number of rotatable bonds is 0. The van der Waals surface area contributed by atoms with Crippen molar-refractivity contribution >= 4 is 11.6 Å². The highest BCUT2D eigenvalue weighted by Crippen LogP contribution is 2.29. The Labute approximate surface area is 93.7 Å². The summed E-state index contributed by atoms with van der Waals surface area (Å²) >= 11 is 0. The van der Waals surface area contributed by atoms with E-state index >= 15 is 0 Å². The first-order valence-electron chi connectivity index (χ1n) is 5.37. The molecule has 0 aromatic heterocycles. The molecule has 0 bridgehead atoms. The molecule has 0 radical (unpaired) electrons. The summed E-state index contributed by atoms with van der Waals surface area (Å²) in [6, 6.07) is 1.58. The van der Waals surface area contributed by atoms with E-state index in [2.05, 4.69) is 5.32 Å². The Bertz CT molecular complexity index is 416. The zero-order valence-corrected chi connectivity index (χ0v) is 9.66. The molecule has 0 saturated heterocycles. The average molecular weight is 227 g/mol. The summed E-state index contributed by atoms with van der Waals surface area (Å²) in [6.07, 6.45) is 0.802. The van der Waals surface area contributed by atoms with E-state index in [1.807, 2.05) is 13.8 Å². The molecule has 1 amide bonds. The third-order valence-corrected chi connectivity index (χ3v) is 2.36. The van der Waals surface area contributed by atoms with Crippen LogP contribution in [0.5, 0.6) is 0 Å². The lowest BCUT2D eigenvalue weighted by Gasteiger charge is -2.18. The maximum atomic E-state index is 13.3. The molecule has 1 aromatic carbocycles. The van der Waals surface area contributed by atoms with Crippen LogP contribution in [0, 0.1) is 18.6 Å². The molecule has 0 spiro atoms. The van der Waals surface area contributed by atoms with Crippen LogP contribution in [-0.2, 0) is 11.2 Å². The molecule has 1 N–H and O–H groups in total. The van der Waals surface area contributed by atoms with Crippen LogP contribution in [0.15, 0.2) is 6.07 Å². The Morgan fingerprint density at radius 1 is 1.19 bits per heavy atom. The topological polar surface area (TPSA) is 29.1 Å². The Kier molecular flexibility index (Phi) is 3.99. The molecule has 2 rings (SSSR count). The van der Waals surface area contributed by atoms with Crippen LogP contribution in [0.1, 0.15) is 31.4 Å². The van der Waals surface area contributed by atoms with E-state index in [-0.39, 0.29) is 17.2 Å². The Morgan fingerprint density at radius 3 is 2.44 bits per heavy atom. The van der Waals surface area contributed by atoms with Gasteiger partial charge in [0.05, 0.1) is 5.69 Å². The lowest BCUT2D eigenvalue weighted by molar-refractivity contribution is -0.116. The maximum absolute atomic E-state index is 13.3. The highest BCUT2D eigenvalue weighted by atomic mass is 19.2. The summed E-state index contributed by atoms with van der Waals surface area (Å²) in [7, 11) is 0. The number of amides is 1. The number of nitrogens with one attached hydrogen (secondary N) is 1. The van der Waals surface area contributed by atoms with Crippen molar-refractivity contribution < 1.29 is 13.6 Å². The second kappa shape index (κ2) is 5.05. The van der Waals surface area contributed by atoms with Crippen LogP contribution in [-0.4, -0.2) is 5.91 Å². The van der Waals surface area contributed by atoms with Crippen molar-refractivity contribution in [2.45, 2.75) is 33.6 Å². The van der Waals surface area contributed by atoms with Gasteiger partial charge in [-0.15, -0.1) is 0 Å². The van der Waals surface area contributed by atoms with Crippen molar-refractivity contribution in [2.75, 3.05) is 5.32 Å². The first-order valence-corrected chi connectivity index (χ1v) is 5.37. The summed E-state index contributed by atoms with van der Waals surface area (Å²) in [4.78, 5) is 11.0. The zero-order chi connectivity index (χ0) is 12.3. The SMILES string of the molecule is CC.Cc1cc2c(c(F)c1F)NC(=O)CC2. The van der Waals surface area contributed by atoms with E-state index in [0.29, 0.717) is 18.4 Å². The molecule has 88 valence electrons. The Morgan fingerprint density at radius 2 is 1.81 bits per heavy atom. The van der Waals surface area contributed by atoms with Gasteiger partial charge in [-0.25, -0.2) is 8.78 Å². The lowest BCUT2D eigenvalue weighted by atomic mass is 10.00. The number of aryl methyl sites for hydroxylation is 2. The van der Waals surface area contributed by atoms with Crippen molar-refractivity contribution in [1.29, 1.82) is 0 Å². The highest BCUT2D eigenvalue weighted by molar-refractivity contribution is 5.94. The summed E-state index contributed by atoms with van der Waals surface area (Å²) in [5.74, 6) is -2.10. The number of hydrogen-bond donors (Lipinski definition) is 1. The molecule has 1 aliphatic heterocycles.